The molecule has 6 nitrogen and oxygen atoms in total. The van der Waals surface area contributed by atoms with Crippen LogP contribution in [0.5, 0.6) is 11.5 Å². The minimum atomic E-state index is -0.454. The first-order valence-corrected chi connectivity index (χ1v) is 9.39. The summed E-state index contributed by atoms with van der Waals surface area (Å²) in [4.78, 5) is 23.6. The minimum absolute atomic E-state index is 0.193. The molecular formula is C22H28N2O4. The van der Waals surface area contributed by atoms with Crippen LogP contribution >= 0.6 is 0 Å². The van der Waals surface area contributed by atoms with Gasteiger partial charge in [0.15, 0.2) is 13.2 Å². The Morgan fingerprint density at radius 2 is 1.39 bits per heavy atom. The summed E-state index contributed by atoms with van der Waals surface area (Å²) >= 11 is 0. The number of aryl methyl sites for hydroxylation is 2. The van der Waals surface area contributed by atoms with Crippen molar-refractivity contribution in [3.8, 4) is 11.5 Å². The van der Waals surface area contributed by atoms with Crippen LogP contribution in [-0.2, 0) is 9.59 Å². The summed E-state index contributed by atoms with van der Waals surface area (Å²) in [7, 11) is 0. The van der Waals surface area contributed by atoms with Crippen LogP contribution < -0.4 is 20.3 Å². The van der Waals surface area contributed by atoms with E-state index in [1.165, 1.54) is 5.56 Å². The molecular weight excluding hydrogens is 356 g/mol. The maximum atomic E-state index is 11.8. The van der Waals surface area contributed by atoms with Gasteiger partial charge in [-0.1, -0.05) is 32.0 Å². The van der Waals surface area contributed by atoms with Gasteiger partial charge in [-0.2, -0.15) is 0 Å². The third kappa shape index (κ3) is 6.61. The molecule has 0 aromatic heterocycles. The predicted molar refractivity (Wildman–Crippen MR) is 108 cm³/mol. The van der Waals surface area contributed by atoms with E-state index < -0.39 is 11.8 Å². The van der Waals surface area contributed by atoms with Gasteiger partial charge in [0.1, 0.15) is 11.5 Å². The lowest BCUT2D eigenvalue weighted by molar-refractivity contribution is -0.131. The fraction of sp³-hybridized carbons (Fsp3) is 0.364. The highest BCUT2D eigenvalue weighted by Gasteiger charge is 2.08. The Kier molecular flexibility index (Phi) is 7.87. The van der Waals surface area contributed by atoms with E-state index in [4.69, 9.17) is 9.47 Å². The maximum Gasteiger partial charge on any atom is 0.276 e. The quantitative estimate of drug-likeness (QED) is 0.684. The maximum absolute atomic E-state index is 11.8. The molecule has 0 heterocycles. The van der Waals surface area contributed by atoms with E-state index in [1.807, 2.05) is 50.2 Å². The second-order valence-electron chi connectivity index (χ2n) is 6.80. The van der Waals surface area contributed by atoms with Crippen molar-refractivity contribution >= 4 is 11.8 Å². The van der Waals surface area contributed by atoms with Gasteiger partial charge in [-0.15, -0.1) is 0 Å². The molecule has 28 heavy (non-hydrogen) atoms. The summed E-state index contributed by atoms with van der Waals surface area (Å²) in [5.41, 5.74) is 8.07. The van der Waals surface area contributed by atoms with E-state index in [9.17, 15) is 9.59 Å². The predicted octanol–water partition coefficient (Wildman–Crippen LogP) is 3.42. The highest BCUT2D eigenvalue weighted by atomic mass is 16.5. The molecule has 150 valence electrons. The number of amides is 2. The number of rotatable bonds is 8. The van der Waals surface area contributed by atoms with E-state index in [0.29, 0.717) is 17.4 Å². The molecule has 0 fully saturated rings. The van der Waals surface area contributed by atoms with Crippen LogP contribution in [0, 0.1) is 13.8 Å². The van der Waals surface area contributed by atoms with Gasteiger partial charge in [-0.3, -0.25) is 20.4 Å². The van der Waals surface area contributed by atoms with Crippen molar-refractivity contribution < 1.29 is 19.1 Å². The average molecular weight is 384 g/mol. The highest BCUT2D eigenvalue weighted by Crippen LogP contribution is 2.21. The zero-order valence-corrected chi connectivity index (χ0v) is 16.9. The number of hydrogen-bond acceptors (Lipinski definition) is 4. The number of nitrogens with one attached hydrogen (secondary N) is 2. The van der Waals surface area contributed by atoms with Crippen molar-refractivity contribution in [1.29, 1.82) is 0 Å². The number of hydrazine groups is 1. The van der Waals surface area contributed by atoms with E-state index in [1.54, 1.807) is 6.07 Å². The molecule has 1 unspecified atom stereocenters. The molecule has 2 rings (SSSR count). The standard InChI is InChI=1S/C22H28N2O4/c1-5-15(2)18-7-10-19(11-8-18)27-13-21(25)23-24-22(26)14-28-20-9-6-16(3)17(4)12-20/h6-12,15H,5,13-14H2,1-4H3,(H,23,25)(H,24,26). The van der Waals surface area contributed by atoms with Crippen LogP contribution in [0.3, 0.4) is 0 Å². The number of benzene rings is 2. The highest BCUT2D eigenvalue weighted by molar-refractivity contribution is 5.83. The van der Waals surface area contributed by atoms with Crippen molar-refractivity contribution in [2.75, 3.05) is 13.2 Å². The summed E-state index contributed by atoms with van der Waals surface area (Å²) in [5, 5.41) is 0. The average Bonchev–Trinajstić information content (AvgIpc) is 2.71. The van der Waals surface area contributed by atoms with Crippen LogP contribution in [0.1, 0.15) is 42.9 Å². The fourth-order valence-corrected chi connectivity index (χ4v) is 2.44. The van der Waals surface area contributed by atoms with E-state index in [-0.39, 0.29) is 13.2 Å². The Bertz CT molecular complexity index is 803. The lowest BCUT2D eigenvalue weighted by Crippen LogP contribution is -2.45. The van der Waals surface area contributed by atoms with Gasteiger partial charge in [0.2, 0.25) is 0 Å². The van der Waals surface area contributed by atoms with Gasteiger partial charge in [0.25, 0.3) is 11.8 Å². The summed E-state index contributed by atoms with van der Waals surface area (Å²) in [6.45, 7) is 7.89. The molecule has 2 aromatic carbocycles. The summed E-state index contributed by atoms with van der Waals surface area (Å²) in [6, 6.07) is 13.3. The van der Waals surface area contributed by atoms with Crippen molar-refractivity contribution in [1.82, 2.24) is 10.9 Å². The molecule has 0 radical (unpaired) electrons. The van der Waals surface area contributed by atoms with Crippen molar-refractivity contribution in [3.63, 3.8) is 0 Å². The van der Waals surface area contributed by atoms with E-state index >= 15 is 0 Å². The van der Waals surface area contributed by atoms with Crippen LogP contribution in [0.25, 0.3) is 0 Å². The van der Waals surface area contributed by atoms with E-state index in [0.717, 1.165) is 17.5 Å². The molecule has 2 N–H and O–H groups in total. The zero-order valence-electron chi connectivity index (χ0n) is 16.9. The molecule has 6 heteroatoms. The number of carbonyl (C=O) groups is 2. The summed E-state index contributed by atoms with van der Waals surface area (Å²) in [5.74, 6) is 0.786. The molecule has 1 atom stereocenters. The molecule has 0 spiro atoms. The van der Waals surface area contributed by atoms with Gasteiger partial charge >= 0.3 is 0 Å². The Morgan fingerprint density at radius 3 is 1.93 bits per heavy atom. The molecule has 0 aliphatic carbocycles. The summed E-state index contributed by atoms with van der Waals surface area (Å²) in [6.07, 6.45) is 1.07. The number of ether oxygens (including phenoxy) is 2. The molecule has 0 saturated heterocycles. The third-order valence-electron chi connectivity index (χ3n) is 4.62. The number of carbonyl (C=O) groups excluding carboxylic acids is 2. The Morgan fingerprint density at radius 1 is 0.857 bits per heavy atom. The molecule has 0 aliphatic rings. The monoisotopic (exact) mass is 384 g/mol. The second-order valence-corrected chi connectivity index (χ2v) is 6.80. The first-order chi connectivity index (χ1) is 13.4. The Labute approximate surface area is 166 Å². The van der Waals surface area contributed by atoms with Crippen LogP contribution in [0.2, 0.25) is 0 Å². The third-order valence-corrected chi connectivity index (χ3v) is 4.62. The Hall–Kier alpha value is -3.02. The number of hydrogen-bond donors (Lipinski definition) is 2. The SMILES string of the molecule is CCC(C)c1ccc(OCC(=O)NNC(=O)COc2ccc(C)c(C)c2)cc1. The van der Waals surface area contributed by atoms with Crippen LogP contribution in [0.4, 0.5) is 0 Å². The van der Waals surface area contributed by atoms with Gasteiger partial charge in [-0.25, -0.2) is 0 Å². The van der Waals surface area contributed by atoms with Gasteiger partial charge in [0, 0.05) is 0 Å². The minimum Gasteiger partial charge on any atom is -0.484 e. The smallest absolute Gasteiger partial charge is 0.276 e. The van der Waals surface area contributed by atoms with Crippen molar-refractivity contribution in [2.24, 2.45) is 0 Å². The molecule has 0 aliphatic heterocycles. The molecule has 0 bridgehead atoms. The summed E-state index contributed by atoms with van der Waals surface area (Å²) < 4.78 is 10.8. The van der Waals surface area contributed by atoms with E-state index in [2.05, 4.69) is 24.7 Å². The lowest BCUT2D eigenvalue weighted by Gasteiger charge is -2.12. The fourth-order valence-electron chi connectivity index (χ4n) is 2.44. The lowest BCUT2D eigenvalue weighted by atomic mass is 9.99. The molecule has 0 saturated carbocycles. The molecule has 2 aromatic rings. The largest absolute Gasteiger partial charge is 0.484 e. The normalized spacial score (nSPS) is 11.4. The van der Waals surface area contributed by atoms with Gasteiger partial charge in [0.05, 0.1) is 0 Å². The first-order valence-electron chi connectivity index (χ1n) is 9.39. The van der Waals surface area contributed by atoms with Crippen LogP contribution in [-0.4, -0.2) is 25.0 Å². The van der Waals surface area contributed by atoms with Crippen molar-refractivity contribution in [3.05, 3.63) is 59.2 Å². The van der Waals surface area contributed by atoms with Crippen molar-refractivity contribution in [2.45, 2.75) is 40.0 Å². The first kappa shape index (κ1) is 21.3. The topological polar surface area (TPSA) is 76.7 Å². The Balaban J connectivity index is 1.68. The van der Waals surface area contributed by atoms with Gasteiger partial charge in [-0.05, 0) is 67.1 Å². The molecule has 2 amide bonds. The van der Waals surface area contributed by atoms with Gasteiger partial charge < -0.3 is 9.47 Å². The van der Waals surface area contributed by atoms with Crippen LogP contribution in [0.15, 0.2) is 42.5 Å². The zero-order chi connectivity index (χ0) is 20.5. The second kappa shape index (κ2) is 10.3.